The smallest absolute Gasteiger partial charge is 0.292 e. The number of para-hydroxylation sites is 2. The monoisotopic (exact) mass is 275 g/mol. The SMILES string of the molecule is O=[N+]([O-])c1ccccc1N1CCC(NCC2CC2)CC1. The number of hydrogen-bond acceptors (Lipinski definition) is 4. The van der Waals surface area contributed by atoms with Crippen molar-refractivity contribution in [3.63, 3.8) is 0 Å². The normalized spacial score (nSPS) is 20.1. The number of benzene rings is 1. The maximum atomic E-state index is 11.1. The van der Waals surface area contributed by atoms with Crippen LogP contribution >= 0.6 is 0 Å². The van der Waals surface area contributed by atoms with Gasteiger partial charge in [0.15, 0.2) is 0 Å². The van der Waals surface area contributed by atoms with Crippen LogP contribution in [0.5, 0.6) is 0 Å². The van der Waals surface area contributed by atoms with Crippen molar-refractivity contribution in [2.45, 2.75) is 31.7 Å². The van der Waals surface area contributed by atoms with Crippen LogP contribution in [-0.4, -0.2) is 30.6 Å². The Morgan fingerprint density at radius 2 is 1.90 bits per heavy atom. The number of anilines is 1. The van der Waals surface area contributed by atoms with E-state index in [0.29, 0.717) is 6.04 Å². The van der Waals surface area contributed by atoms with Gasteiger partial charge in [-0.15, -0.1) is 0 Å². The Balaban J connectivity index is 1.58. The van der Waals surface area contributed by atoms with E-state index >= 15 is 0 Å². The molecule has 3 rings (SSSR count). The van der Waals surface area contributed by atoms with Crippen LogP contribution in [-0.2, 0) is 0 Å². The number of rotatable bonds is 5. The Labute approximate surface area is 119 Å². The van der Waals surface area contributed by atoms with Gasteiger partial charge in [-0.1, -0.05) is 12.1 Å². The number of piperidine rings is 1. The van der Waals surface area contributed by atoms with Crippen molar-refractivity contribution in [1.82, 2.24) is 5.32 Å². The summed E-state index contributed by atoms with van der Waals surface area (Å²) in [7, 11) is 0. The van der Waals surface area contributed by atoms with Crippen molar-refractivity contribution >= 4 is 11.4 Å². The first-order valence-corrected chi connectivity index (χ1v) is 7.46. The fourth-order valence-corrected chi connectivity index (χ4v) is 2.87. The van der Waals surface area contributed by atoms with Crippen molar-refractivity contribution in [1.29, 1.82) is 0 Å². The number of nitrogens with zero attached hydrogens (tertiary/aromatic N) is 2. The first kappa shape index (κ1) is 13.4. The molecule has 5 nitrogen and oxygen atoms in total. The Bertz CT molecular complexity index is 480. The second kappa shape index (κ2) is 5.79. The molecule has 5 heteroatoms. The highest BCUT2D eigenvalue weighted by Crippen LogP contribution is 2.31. The van der Waals surface area contributed by atoms with Crippen LogP contribution in [0.3, 0.4) is 0 Å². The van der Waals surface area contributed by atoms with Crippen LogP contribution in [0.15, 0.2) is 24.3 Å². The molecule has 1 N–H and O–H groups in total. The molecule has 1 aromatic rings. The summed E-state index contributed by atoms with van der Waals surface area (Å²) in [5.41, 5.74) is 0.982. The molecule has 0 spiro atoms. The summed E-state index contributed by atoms with van der Waals surface area (Å²) < 4.78 is 0. The molecule has 0 bridgehead atoms. The van der Waals surface area contributed by atoms with Gasteiger partial charge in [-0.2, -0.15) is 0 Å². The Hall–Kier alpha value is -1.62. The molecular formula is C15H21N3O2. The lowest BCUT2D eigenvalue weighted by Gasteiger charge is -2.33. The van der Waals surface area contributed by atoms with Gasteiger partial charge in [0.05, 0.1) is 4.92 Å². The Kier molecular flexibility index (Phi) is 3.87. The van der Waals surface area contributed by atoms with E-state index in [0.717, 1.165) is 44.1 Å². The second-order valence-corrected chi connectivity index (χ2v) is 5.86. The van der Waals surface area contributed by atoms with Gasteiger partial charge in [0, 0.05) is 25.2 Å². The molecule has 0 amide bonds. The minimum absolute atomic E-state index is 0.219. The van der Waals surface area contributed by atoms with Gasteiger partial charge in [0.25, 0.3) is 5.69 Å². The molecule has 0 radical (unpaired) electrons. The molecule has 2 fully saturated rings. The first-order chi connectivity index (χ1) is 9.74. The van der Waals surface area contributed by atoms with Gasteiger partial charge in [-0.25, -0.2) is 0 Å². The molecule has 108 valence electrons. The maximum absolute atomic E-state index is 11.1. The number of nitro groups is 1. The van der Waals surface area contributed by atoms with Crippen molar-refractivity contribution in [3.8, 4) is 0 Å². The lowest BCUT2D eigenvalue weighted by atomic mass is 10.0. The molecule has 1 aromatic carbocycles. The fraction of sp³-hybridized carbons (Fsp3) is 0.600. The predicted octanol–water partition coefficient (Wildman–Crippen LogP) is 2.56. The summed E-state index contributed by atoms with van der Waals surface area (Å²) in [4.78, 5) is 12.9. The third-order valence-corrected chi connectivity index (χ3v) is 4.31. The van der Waals surface area contributed by atoms with E-state index in [1.165, 1.54) is 12.8 Å². The molecule has 0 aromatic heterocycles. The fourth-order valence-electron chi connectivity index (χ4n) is 2.87. The molecule has 1 saturated carbocycles. The first-order valence-electron chi connectivity index (χ1n) is 7.46. The van der Waals surface area contributed by atoms with Crippen LogP contribution in [0.1, 0.15) is 25.7 Å². The molecule has 1 aliphatic carbocycles. The molecule has 0 unspecified atom stereocenters. The summed E-state index contributed by atoms with van der Waals surface area (Å²) in [6, 6.07) is 7.63. The predicted molar refractivity (Wildman–Crippen MR) is 79.1 cm³/mol. The van der Waals surface area contributed by atoms with Gasteiger partial charge >= 0.3 is 0 Å². The lowest BCUT2D eigenvalue weighted by molar-refractivity contribution is -0.384. The van der Waals surface area contributed by atoms with E-state index in [9.17, 15) is 10.1 Å². The molecule has 0 atom stereocenters. The van der Waals surface area contributed by atoms with E-state index in [2.05, 4.69) is 10.2 Å². The molecule has 1 saturated heterocycles. The van der Waals surface area contributed by atoms with Crippen LogP contribution in [0.2, 0.25) is 0 Å². The van der Waals surface area contributed by atoms with Gasteiger partial charge in [0.2, 0.25) is 0 Å². The van der Waals surface area contributed by atoms with Crippen LogP contribution < -0.4 is 10.2 Å². The van der Waals surface area contributed by atoms with E-state index in [1.54, 1.807) is 12.1 Å². The van der Waals surface area contributed by atoms with Gasteiger partial charge in [-0.05, 0) is 44.2 Å². The average molecular weight is 275 g/mol. The van der Waals surface area contributed by atoms with E-state index in [1.807, 2.05) is 12.1 Å². The number of hydrogen-bond donors (Lipinski definition) is 1. The van der Waals surface area contributed by atoms with Gasteiger partial charge < -0.3 is 10.2 Å². The van der Waals surface area contributed by atoms with E-state index in [-0.39, 0.29) is 10.6 Å². The molecular weight excluding hydrogens is 254 g/mol. The zero-order valence-electron chi connectivity index (χ0n) is 11.6. The highest BCUT2D eigenvalue weighted by atomic mass is 16.6. The van der Waals surface area contributed by atoms with Crippen molar-refractivity contribution in [2.75, 3.05) is 24.5 Å². The van der Waals surface area contributed by atoms with Crippen LogP contribution in [0, 0.1) is 16.0 Å². The van der Waals surface area contributed by atoms with Gasteiger partial charge in [-0.3, -0.25) is 10.1 Å². The third-order valence-electron chi connectivity index (χ3n) is 4.31. The number of nitrogens with one attached hydrogen (secondary N) is 1. The standard InChI is InChI=1S/C15H21N3O2/c19-18(20)15-4-2-1-3-14(15)17-9-7-13(8-10-17)16-11-12-5-6-12/h1-4,12-13,16H,5-11H2. The minimum Gasteiger partial charge on any atom is -0.366 e. The highest BCUT2D eigenvalue weighted by Gasteiger charge is 2.26. The highest BCUT2D eigenvalue weighted by molar-refractivity contribution is 5.63. The number of nitro benzene ring substituents is 1. The Morgan fingerprint density at radius 1 is 1.20 bits per heavy atom. The molecule has 20 heavy (non-hydrogen) atoms. The molecule has 1 aliphatic heterocycles. The largest absolute Gasteiger partial charge is 0.366 e. The van der Waals surface area contributed by atoms with Crippen molar-refractivity contribution in [3.05, 3.63) is 34.4 Å². The summed E-state index contributed by atoms with van der Waals surface area (Å²) in [6.07, 6.45) is 4.89. The maximum Gasteiger partial charge on any atom is 0.292 e. The summed E-state index contributed by atoms with van der Waals surface area (Å²) in [5, 5.41) is 14.7. The summed E-state index contributed by atoms with van der Waals surface area (Å²) in [5.74, 6) is 0.906. The average Bonchev–Trinajstić information content (AvgIpc) is 3.30. The zero-order chi connectivity index (χ0) is 13.9. The molecule has 1 heterocycles. The van der Waals surface area contributed by atoms with E-state index < -0.39 is 0 Å². The van der Waals surface area contributed by atoms with Crippen LogP contribution in [0.4, 0.5) is 11.4 Å². The second-order valence-electron chi connectivity index (χ2n) is 5.86. The van der Waals surface area contributed by atoms with Crippen molar-refractivity contribution in [2.24, 2.45) is 5.92 Å². The van der Waals surface area contributed by atoms with Gasteiger partial charge in [0.1, 0.15) is 5.69 Å². The topological polar surface area (TPSA) is 58.4 Å². The quantitative estimate of drug-likeness (QED) is 0.663. The van der Waals surface area contributed by atoms with Crippen molar-refractivity contribution < 1.29 is 4.92 Å². The minimum atomic E-state index is -0.285. The van der Waals surface area contributed by atoms with E-state index in [4.69, 9.17) is 0 Å². The Morgan fingerprint density at radius 3 is 2.55 bits per heavy atom. The molecule has 2 aliphatic rings. The summed E-state index contributed by atoms with van der Waals surface area (Å²) >= 11 is 0. The van der Waals surface area contributed by atoms with Crippen LogP contribution in [0.25, 0.3) is 0 Å². The summed E-state index contributed by atoms with van der Waals surface area (Å²) in [6.45, 7) is 2.94. The third kappa shape index (κ3) is 3.10. The lowest BCUT2D eigenvalue weighted by Crippen LogP contribution is -2.43. The zero-order valence-corrected chi connectivity index (χ0v) is 11.6.